The highest BCUT2D eigenvalue weighted by molar-refractivity contribution is 7.86. The van der Waals surface area contributed by atoms with Gasteiger partial charge < -0.3 is 5.73 Å². The zero-order valence-electron chi connectivity index (χ0n) is 24.8. The molecule has 0 aliphatic heterocycles. The lowest BCUT2D eigenvalue weighted by molar-refractivity contribution is 0.483. The van der Waals surface area contributed by atoms with E-state index in [2.05, 4.69) is 35.3 Å². The Hall–Kier alpha value is -4.63. The second-order valence-corrected chi connectivity index (χ2v) is 16.7. The Morgan fingerprint density at radius 1 is 0.542 bits per heavy atom. The first-order chi connectivity index (χ1) is 23.2. The van der Waals surface area contributed by atoms with Gasteiger partial charge in [-0.05, 0) is 97.4 Å². The van der Waals surface area contributed by atoms with Gasteiger partial charge in [0.15, 0.2) is 0 Å². The molecule has 0 aliphatic rings. The summed E-state index contributed by atoms with van der Waals surface area (Å²) in [7, 11) is -4.39. The average molecular weight is 720 g/mol. The van der Waals surface area contributed by atoms with E-state index in [1.54, 1.807) is 53.1 Å². The number of aryl methyl sites for hydroxylation is 1. The largest absolute Gasteiger partial charge is 0.399 e. The first kappa shape index (κ1) is 29.5. The van der Waals surface area contributed by atoms with Gasteiger partial charge in [-0.25, -0.2) is 19.9 Å². The molecule has 0 amide bonds. The second kappa shape index (κ2) is 11.0. The van der Waals surface area contributed by atoms with E-state index in [0.717, 1.165) is 73.6 Å². The molecule has 0 radical (unpaired) electrons. The van der Waals surface area contributed by atoms with Gasteiger partial charge in [0, 0.05) is 27.9 Å². The number of hydrogen-bond donors (Lipinski definition) is 2. The molecule has 48 heavy (non-hydrogen) atoms. The third-order valence-electron chi connectivity index (χ3n) is 8.03. The molecule has 0 saturated carbocycles. The van der Waals surface area contributed by atoms with Crippen LogP contribution in [0.15, 0.2) is 95.9 Å². The standard InChI is InChI=1S/C35H21N5O3S5/c1-17-2-10-26-30(31(17)48(41,42)43)47-35(40-26)21-7-13-25-29(16-21)46-34(39-25)20-6-12-24-28(15-20)45-33(38-24)19-5-11-23-27(14-19)44-32(37-23)18-3-8-22(36)9-4-18/h2-16H,36H2,1H3,(H,41,42,43). The van der Waals surface area contributed by atoms with Crippen molar-refractivity contribution in [3.05, 3.63) is 96.6 Å². The van der Waals surface area contributed by atoms with Gasteiger partial charge in [0.1, 0.15) is 24.9 Å². The minimum absolute atomic E-state index is 0.0842. The summed E-state index contributed by atoms with van der Waals surface area (Å²) in [5.74, 6) is 0. The molecule has 0 aliphatic carbocycles. The predicted octanol–water partition coefficient (Wildman–Crippen LogP) is 9.93. The van der Waals surface area contributed by atoms with E-state index in [1.807, 2.05) is 48.5 Å². The molecule has 3 N–H and O–H groups in total. The fourth-order valence-corrected chi connectivity index (χ4v) is 11.0. The number of nitrogens with zero attached hydrogens (tertiary/aromatic N) is 4. The molecule has 4 heterocycles. The lowest BCUT2D eigenvalue weighted by atomic mass is 10.2. The zero-order chi connectivity index (χ0) is 32.7. The van der Waals surface area contributed by atoms with E-state index >= 15 is 0 Å². The van der Waals surface area contributed by atoms with Gasteiger partial charge in [-0.2, -0.15) is 8.42 Å². The predicted molar refractivity (Wildman–Crippen MR) is 200 cm³/mol. The summed E-state index contributed by atoms with van der Waals surface area (Å²) in [6.07, 6.45) is 0. The fourth-order valence-electron chi connectivity index (χ4n) is 5.68. The minimum atomic E-state index is -4.39. The van der Waals surface area contributed by atoms with Crippen LogP contribution >= 0.6 is 45.3 Å². The summed E-state index contributed by atoms with van der Waals surface area (Å²) in [6, 6.07) is 29.7. The Morgan fingerprint density at radius 2 is 0.938 bits per heavy atom. The van der Waals surface area contributed by atoms with E-state index < -0.39 is 10.1 Å². The van der Waals surface area contributed by atoms with E-state index in [4.69, 9.17) is 20.7 Å². The third-order valence-corrected chi connectivity index (χ3v) is 13.5. The Labute approximate surface area is 289 Å². The van der Waals surface area contributed by atoms with E-state index in [9.17, 15) is 13.0 Å². The number of nitrogens with two attached hydrogens (primary N) is 1. The zero-order valence-corrected chi connectivity index (χ0v) is 28.9. The number of rotatable bonds is 5. The Balaban J connectivity index is 1.03. The number of benzene rings is 5. The van der Waals surface area contributed by atoms with E-state index in [-0.39, 0.29) is 4.90 Å². The number of hydrogen-bond acceptors (Lipinski definition) is 11. The molecule has 5 aromatic carbocycles. The summed E-state index contributed by atoms with van der Waals surface area (Å²) in [5, 5.41) is 3.48. The molecule has 9 rings (SSSR count). The van der Waals surface area contributed by atoms with Gasteiger partial charge in [-0.15, -0.1) is 45.3 Å². The van der Waals surface area contributed by atoms with Crippen molar-refractivity contribution in [3.63, 3.8) is 0 Å². The van der Waals surface area contributed by atoms with Crippen LogP contribution in [0.25, 0.3) is 83.2 Å². The lowest BCUT2D eigenvalue weighted by Crippen LogP contribution is -2.00. The summed E-state index contributed by atoms with van der Waals surface area (Å²) in [6.45, 7) is 1.66. The van der Waals surface area contributed by atoms with E-state index in [0.29, 0.717) is 20.8 Å². The normalized spacial score (nSPS) is 12.2. The number of nitrogen functional groups attached to an aromatic ring is 1. The fraction of sp³-hybridized carbons (Fsp3) is 0.0286. The van der Waals surface area contributed by atoms with Crippen molar-refractivity contribution >= 4 is 102 Å². The maximum absolute atomic E-state index is 12.1. The molecule has 13 heteroatoms. The minimum Gasteiger partial charge on any atom is -0.399 e. The van der Waals surface area contributed by atoms with Crippen molar-refractivity contribution < 1.29 is 13.0 Å². The Morgan fingerprint density at radius 3 is 1.42 bits per heavy atom. The van der Waals surface area contributed by atoms with Crippen LogP contribution in [0.2, 0.25) is 0 Å². The molecular formula is C35H21N5O3S5. The summed E-state index contributed by atoms with van der Waals surface area (Å²) in [4.78, 5) is 19.3. The topological polar surface area (TPSA) is 132 Å². The van der Waals surface area contributed by atoms with Crippen LogP contribution in [0.4, 0.5) is 5.69 Å². The number of aromatic nitrogens is 4. The Kier molecular flexibility index (Phi) is 6.73. The van der Waals surface area contributed by atoms with Crippen LogP contribution in [0.5, 0.6) is 0 Å². The maximum atomic E-state index is 12.1. The van der Waals surface area contributed by atoms with Gasteiger partial charge in [-0.1, -0.05) is 6.07 Å². The van der Waals surface area contributed by atoms with Crippen LogP contribution < -0.4 is 5.73 Å². The highest BCUT2D eigenvalue weighted by Gasteiger charge is 2.21. The molecule has 9 aromatic rings. The van der Waals surface area contributed by atoms with Crippen LogP contribution in [0.3, 0.4) is 0 Å². The van der Waals surface area contributed by atoms with Crippen molar-refractivity contribution in [2.75, 3.05) is 5.73 Å². The smallest absolute Gasteiger partial charge is 0.296 e. The molecule has 0 spiro atoms. The van der Waals surface area contributed by atoms with Crippen LogP contribution in [-0.2, 0) is 10.1 Å². The van der Waals surface area contributed by atoms with Crippen molar-refractivity contribution in [1.29, 1.82) is 0 Å². The maximum Gasteiger partial charge on any atom is 0.296 e. The first-order valence-electron chi connectivity index (χ1n) is 14.6. The second-order valence-electron chi connectivity index (χ2n) is 11.3. The highest BCUT2D eigenvalue weighted by Crippen LogP contribution is 2.40. The SMILES string of the molecule is Cc1ccc2nc(-c3ccc4nc(-c5ccc6nc(-c7ccc8nc(-c9ccc(N)cc9)sc8c7)sc6c5)sc4c3)sc2c1S(=O)(=O)O. The highest BCUT2D eigenvalue weighted by atomic mass is 32.2. The van der Waals surface area contributed by atoms with Crippen molar-refractivity contribution in [1.82, 2.24) is 19.9 Å². The van der Waals surface area contributed by atoms with E-state index in [1.165, 1.54) is 11.3 Å². The number of fused-ring (bicyclic) bond motifs is 4. The number of anilines is 1. The monoisotopic (exact) mass is 719 g/mol. The van der Waals surface area contributed by atoms with Gasteiger partial charge in [0.05, 0.1) is 40.9 Å². The summed E-state index contributed by atoms with van der Waals surface area (Å²) >= 11 is 6.16. The van der Waals surface area contributed by atoms with Gasteiger partial charge in [0.2, 0.25) is 0 Å². The molecule has 4 aromatic heterocycles. The third kappa shape index (κ3) is 5.07. The lowest BCUT2D eigenvalue weighted by Gasteiger charge is -2.02. The molecule has 234 valence electrons. The molecule has 0 saturated heterocycles. The number of thiazole rings is 4. The quantitative estimate of drug-likeness (QED) is 0.133. The van der Waals surface area contributed by atoms with Crippen LogP contribution in [0, 0.1) is 6.92 Å². The summed E-state index contributed by atoms with van der Waals surface area (Å²) < 4.78 is 37.7. The van der Waals surface area contributed by atoms with Crippen LogP contribution in [-0.4, -0.2) is 32.9 Å². The molecule has 0 unspecified atom stereocenters. The van der Waals surface area contributed by atoms with Gasteiger partial charge >= 0.3 is 0 Å². The molecule has 0 fully saturated rings. The van der Waals surface area contributed by atoms with Crippen LogP contribution in [0.1, 0.15) is 5.56 Å². The van der Waals surface area contributed by atoms with Gasteiger partial charge in [0.25, 0.3) is 10.1 Å². The Bertz CT molecular complexity index is 2850. The average Bonchev–Trinajstić information content (AvgIpc) is 3.86. The molecule has 0 atom stereocenters. The van der Waals surface area contributed by atoms with Crippen molar-refractivity contribution in [2.45, 2.75) is 11.8 Å². The molecular weight excluding hydrogens is 699 g/mol. The van der Waals surface area contributed by atoms with Crippen molar-refractivity contribution in [3.8, 4) is 42.3 Å². The summed E-state index contributed by atoms with van der Waals surface area (Å²) in [5.41, 5.74) is 14.3. The van der Waals surface area contributed by atoms with Crippen molar-refractivity contribution in [2.24, 2.45) is 0 Å². The van der Waals surface area contributed by atoms with Gasteiger partial charge in [-0.3, -0.25) is 4.55 Å². The molecule has 8 nitrogen and oxygen atoms in total. The first-order valence-corrected chi connectivity index (χ1v) is 19.3. The molecule has 0 bridgehead atoms.